The average molecular weight is 459 g/mol. The maximum Gasteiger partial charge on any atom is 0.414 e. The van der Waals surface area contributed by atoms with E-state index in [4.69, 9.17) is 19.4 Å². The van der Waals surface area contributed by atoms with E-state index in [9.17, 15) is 4.79 Å². The molecule has 1 aliphatic heterocycles. The van der Waals surface area contributed by atoms with Crippen LogP contribution in [0.15, 0.2) is 66.9 Å². The van der Waals surface area contributed by atoms with Gasteiger partial charge in [-0.2, -0.15) is 0 Å². The number of hydrogen-bond donors (Lipinski definition) is 1. The van der Waals surface area contributed by atoms with E-state index in [1.54, 1.807) is 12.0 Å². The van der Waals surface area contributed by atoms with Gasteiger partial charge in [0.15, 0.2) is 5.82 Å². The summed E-state index contributed by atoms with van der Waals surface area (Å²) in [5.41, 5.74) is 2.98. The first kappa shape index (κ1) is 23.3. The first-order valence-electron chi connectivity index (χ1n) is 11.4. The van der Waals surface area contributed by atoms with Gasteiger partial charge in [0.1, 0.15) is 17.2 Å². The molecule has 0 saturated carbocycles. The highest BCUT2D eigenvalue weighted by Crippen LogP contribution is 2.29. The molecule has 0 spiro atoms. The molecule has 0 unspecified atom stereocenters. The lowest BCUT2D eigenvalue weighted by molar-refractivity contribution is 0.0329. The van der Waals surface area contributed by atoms with E-state index in [1.807, 2.05) is 87.6 Å². The van der Waals surface area contributed by atoms with Crippen molar-refractivity contribution < 1.29 is 14.3 Å². The topological polar surface area (TPSA) is 76.6 Å². The highest BCUT2D eigenvalue weighted by atomic mass is 16.6. The molecule has 7 nitrogen and oxygen atoms in total. The lowest BCUT2D eigenvalue weighted by Gasteiger charge is -2.28. The van der Waals surface area contributed by atoms with Crippen molar-refractivity contribution in [2.45, 2.75) is 39.2 Å². The Bertz CT molecular complexity index is 1190. The maximum absolute atomic E-state index is 12.6. The number of amides is 1. The summed E-state index contributed by atoms with van der Waals surface area (Å²) in [6.07, 6.45) is 3.04. The van der Waals surface area contributed by atoms with Gasteiger partial charge in [0.25, 0.3) is 0 Å². The molecule has 34 heavy (non-hydrogen) atoms. The molecule has 0 aliphatic carbocycles. The van der Waals surface area contributed by atoms with Gasteiger partial charge in [-0.05, 0) is 45.7 Å². The number of ether oxygens (including phenoxy) is 2. The number of carbonyl (C=O) groups is 1. The molecular weight excluding hydrogens is 428 g/mol. The zero-order valence-electron chi connectivity index (χ0n) is 20.0. The number of benzene rings is 2. The second-order valence-electron chi connectivity index (χ2n) is 9.12. The fourth-order valence-electron chi connectivity index (χ4n) is 3.65. The first-order chi connectivity index (χ1) is 16.3. The van der Waals surface area contributed by atoms with Crippen LogP contribution in [-0.2, 0) is 4.74 Å². The number of carbonyl (C=O) groups excluding carboxylic acids is 1. The highest BCUT2D eigenvalue weighted by molar-refractivity contribution is 5.75. The summed E-state index contributed by atoms with van der Waals surface area (Å²) in [4.78, 5) is 23.9. The normalized spacial score (nSPS) is 13.8. The SMILES string of the molecule is COc1cccc(Nc2cc(-c3ccccc3)nc(C3=CN(C(=O)OC(C)(C)C)CCC3)n2)c1. The van der Waals surface area contributed by atoms with Crippen LogP contribution in [0.25, 0.3) is 16.8 Å². The molecule has 0 atom stereocenters. The zero-order chi connectivity index (χ0) is 24.1. The molecule has 2 heterocycles. The third-order valence-corrected chi connectivity index (χ3v) is 5.21. The van der Waals surface area contributed by atoms with E-state index in [2.05, 4.69) is 5.32 Å². The number of anilines is 2. The summed E-state index contributed by atoms with van der Waals surface area (Å²) in [7, 11) is 1.64. The molecule has 0 bridgehead atoms. The summed E-state index contributed by atoms with van der Waals surface area (Å²) >= 11 is 0. The molecule has 3 aromatic rings. The number of rotatable bonds is 5. The van der Waals surface area contributed by atoms with Crippen molar-refractivity contribution in [2.75, 3.05) is 19.0 Å². The van der Waals surface area contributed by atoms with E-state index in [0.717, 1.165) is 41.1 Å². The Morgan fingerprint density at radius 3 is 2.56 bits per heavy atom. The van der Waals surface area contributed by atoms with Crippen molar-refractivity contribution in [2.24, 2.45) is 0 Å². The minimum atomic E-state index is -0.555. The van der Waals surface area contributed by atoms with Gasteiger partial charge < -0.3 is 14.8 Å². The lowest BCUT2D eigenvalue weighted by Crippen LogP contribution is -2.35. The van der Waals surface area contributed by atoms with E-state index >= 15 is 0 Å². The number of nitrogens with one attached hydrogen (secondary N) is 1. The highest BCUT2D eigenvalue weighted by Gasteiger charge is 2.24. The summed E-state index contributed by atoms with van der Waals surface area (Å²) in [5, 5.41) is 3.37. The van der Waals surface area contributed by atoms with Crippen LogP contribution in [0.4, 0.5) is 16.3 Å². The Balaban J connectivity index is 1.71. The summed E-state index contributed by atoms with van der Waals surface area (Å²) in [6.45, 7) is 6.19. The van der Waals surface area contributed by atoms with Gasteiger partial charge in [0, 0.05) is 41.7 Å². The smallest absolute Gasteiger partial charge is 0.414 e. The largest absolute Gasteiger partial charge is 0.497 e. The van der Waals surface area contributed by atoms with E-state index in [0.29, 0.717) is 18.2 Å². The molecule has 0 radical (unpaired) electrons. The van der Waals surface area contributed by atoms with E-state index < -0.39 is 5.60 Å². The Hall–Kier alpha value is -3.87. The molecule has 176 valence electrons. The summed E-state index contributed by atoms with van der Waals surface area (Å²) in [5.74, 6) is 2.00. The molecule has 4 rings (SSSR count). The van der Waals surface area contributed by atoms with Crippen LogP contribution in [-0.4, -0.2) is 40.2 Å². The number of methoxy groups -OCH3 is 1. The van der Waals surface area contributed by atoms with Crippen molar-refractivity contribution in [1.82, 2.24) is 14.9 Å². The van der Waals surface area contributed by atoms with Crippen molar-refractivity contribution in [3.05, 3.63) is 72.7 Å². The number of hydrogen-bond acceptors (Lipinski definition) is 6. The monoisotopic (exact) mass is 458 g/mol. The standard InChI is InChI=1S/C27H30N4O3/c1-27(2,3)34-26(32)31-15-9-12-20(18-31)25-29-23(19-10-6-5-7-11-19)17-24(30-25)28-21-13-8-14-22(16-21)33-4/h5-8,10-11,13-14,16-18H,9,12,15H2,1-4H3,(H,28,29,30). The van der Waals surface area contributed by atoms with Gasteiger partial charge in [0.05, 0.1) is 12.8 Å². The Kier molecular flexibility index (Phi) is 6.82. The molecule has 1 amide bonds. The minimum absolute atomic E-state index is 0.362. The van der Waals surface area contributed by atoms with Crippen molar-refractivity contribution in [1.29, 1.82) is 0 Å². The van der Waals surface area contributed by atoms with Crippen LogP contribution < -0.4 is 10.1 Å². The Morgan fingerprint density at radius 1 is 1.03 bits per heavy atom. The summed E-state index contributed by atoms with van der Waals surface area (Å²) < 4.78 is 10.9. The molecule has 7 heteroatoms. The van der Waals surface area contributed by atoms with Crippen LogP contribution in [0, 0.1) is 0 Å². The van der Waals surface area contributed by atoms with Crippen molar-refractivity contribution >= 4 is 23.2 Å². The molecule has 0 saturated heterocycles. The van der Waals surface area contributed by atoms with Gasteiger partial charge >= 0.3 is 6.09 Å². The van der Waals surface area contributed by atoms with Gasteiger partial charge in [-0.15, -0.1) is 0 Å². The number of nitrogens with zero attached hydrogens (tertiary/aromatic N) is 3. The van der Waals surface area contributed by atoms with Crippen molar-refractivity contribution in [3.8, 4) is 17.0 Å². The molecule has 1 aromatic heterocycles. The van der Waals surface area contributed by atoms with Crippen LogP contribution in [0.2, 0.25) is 0 Å². The van der Waals surface area contributed by atoms with Crippen LogP contribution in [0.5, 0.6) is 5.75 Å². The van der Waals surface area contributed by atoms with E-state index in [-0.39, 0.29) is 6.09 Å². The first-order valence-corrected chi connectivity index (χ1v) is 11.4. The van der Waals surface area contributed by atoms with Gasteiger partial charge in [-0.3, -0.25) is 4.90 Å². The molecule has 0 fully saturated rings. The second kappa shape index (κ2) is 9.95. The lowest BCUT2D eigenvalue weighted by atomic mass is 10.1. The maximum atomic E-state index is 12.6. The molecule has 1 aliphatic rings. The van der Waals surface area contributed by atoms with Crippen LogP contribution in [0.3, 0.4) is 0 Å². The fourth-order valence-corrected chi connectivity index (χ4v) is 3.65. The van der Waals surface area contributed by atoms with E-state index in [1.165, 1.54) is 0 Å². The van der Waals surface area contributed by atoms with Crippen molar-refractivity contribution in [3.63, 3.8) is 0 Å². The number of allylic oxidation sites excluding steroid dienone is 1. The van der Waals surface area contributed by atoms with Gasteiger partial charge in [0.2, 0.25) is 0 Å². The third kappa shape index (κ3) is 5.92. The number of aromatic nitrogens is 2. The average Bonchev–Trinajstić information content (AvgIpc) is 2.83. The predicted octanol–water partition coefficient (Wildman–Crippen LogP) is 6.27. The Labute approximate surface area is 200 Å². The molecule has 2 aromatic carbocycles. The van der Waals surface area contributed by atoms with Gasteiger partial charge in [-0.1, -0.05) is 36.4 Å². The third-order valence-electron chi connectivity index (χ3n) is 5.21. The quantitative estimate of drug-likeness (QED) is 0.486. The minimum Gasteiger partial charge on any atom is -0.497 e. The molecular formula is C27H30N4O3. The summed E-state index contributed by atoms with van der Waals surface area (Å²) in [6, 6.07) is 19.6. The molecule has 1 N–H and O–H groups in total. The fraction of sp³-hybridized carbons (Fsp3) is 0.296. The van der Waals surface area contributed by atoms with Crippen LogP contribution in [0.1, 0.15) is 39.4 Å². The zero-order valence-corrected chi connectivity index (χ0v) is 20.0. The second-order valence-corrected chi connectivity index (χ2v) is 9.12. The van der Waals surface area contributed by atoms with Crippen LogP contribution >= 0.6 is 0 Å². The van der Waals surface area contributed by atoms with Gasteiger partial charge in [-0.25, -0.2) is 14.8 Å². The predicted molar refractivity (Wildman–Crippen MR) is 134 cm³/mol. The Morgan fingerprint density at radius 2 is 1.82 bits per heavy atom.